The van der Waals surface area contributed by atoms with Crippen LogP contribution in [-0.4, -0.2) is 14.2 Å². The highest BCUT2D eigenvalue weighted by Gasteiger charge is 2.10. The van der Waals surface area contributed by atoms with E-state index in [1.54, 1.807) is 32.4 Å². The molecule has 108 valence electrons. The van der Waals surface area contributed by atoms with E-state index in [-0.39, 0.29) is 0 Å². The number of hydrogen-bond donors (Lipinski definition) is 1. The van der Waals surface area contributed by atoms with Crippen LogP contribution in [0.3, 0.4) is 0 Å². The van der Waals surface area contributed by atoms with Gasteiger partial charge in [-0.1, -0.05) is 11.6 Å². The zero-order valence-electron chi connectivity index (χ0n) is 12.0. The number of rotatable bonds is 4. The van der Waals surface area contributed by atoms with Gasteiger partial charge in [-0.05, 0) is 30.7 Å². The number of ether oxygens (including phenoxy) is 2. The van der Waals surface area contributed by atoms with Crippen molar-refractivity contribution in [2.45, 2.75) is 6.92 Å². The van der Waals surface area contributed by atoms with Gasteiger partial charge in [-0.25, -0.2) is 0 Å². The molecule has 0 heterocycles. The number of methoxy groups -OCH3 is 2. The van der Waals surface area contributed by atoms with Gasteiger partial charge in [0.15, 0.2) is 0 Å². The van der Waals surface area contributed by atoms with E-state index in [2.05, 4.69) is 11.4 Å². The Hall–Kier alpha value is -2.38. The van der Waals surface area contributed by atoms with Crippen molar-refractivity contribution in [2.75, 3.05) is 19.5 Å². The summed E-state index contributed by atoms with van der Waals surface area (Å²) >= 11 is 6.08. The fourth-order valence-electron chi connectivity index (χ4n) is 1.98. The van der Waals surface area contributed by atoms with Gasteiger partial charge in [0.1, 0.15) is 11.5 Å². The van der Waals surface area contributed by atoms with E-state index < -0.39 is 0 Å². The summed E-state index contributed by atoms with van der Waals surface area (Å²) in [6.45, 7) is 1.89. The molecule has 0 radical (unpaired) electrons. The summed E-state index contributed by atoms with van der Waals surface area (Å²) in [7, 11) is 3.14. The van der Waals surface area contributed by atoms with Gasteiger partial charge >= 0.3 is 0 Å². The second-order valence-corrected chi connectivity index (χ2v) is 4.86. The van der Waals surface area contributed by atoms with E-state index in [0.29, 0.717) is 22.1 Å². The lowest BCUT2D eigenvalue weighted by Crippen LogP contribution is -1.97. The Balaban J connectivity index is 2.39. The molecule has 0 spiro atoms. The molecule has 0 aliphatic rings. The summed E-state index contributed by atoms with van der Waals surface area (Å²) in [5.41, 5.74) is 3.15. The first kappa shape index (κ1) is 15.0. The first-order chi connectivity index (χ1) is 10.1. The van der Waals surface area contributed by atoms with Gasteiger partial charge in [-0.3, -0.25) is 0 Å². The van der Waals surface area contributed by atoms with Crippen LogP contribution in [0.4, 0.5) is 11.4 Å². The summed E-state index contributed by atoms with van der Waals surface area (Å²) < 4.78 is 10.5. The highest BCUT2D eigenvalue weighted by atomic mass is 35.5. The average Bonchev–Trinajstić information content (AvgIpc) is 2.48. The molecule has 0 aromatic heterocycles. The van der Waals surface area contributed by atoms with Gasteiger partial charge < -0.3 is 14.8 Å². The van der Waals surface area contributed by atoms with Gasteiger partial charge in [0.05, 0.1) is 36.6 Å². The number of nitrogens with zero attached hydrogens (tertiary/aromatic N) is 1. The Morgan fingerprint density at radius 3 is 2.38 bits per heavy atom. The maximum absolute atomic E-state index is 8.96. The highest BCUT2D eigenvalue weighted by molar-refractivity contribution is 6.32. The van der Waals surface area contributed by atoms with Crippen LogP contribution in [0.1, 0.15) is 11.1 Å². The molecule has 2 aromatic rings. The zero-order valence-corrected chi connectivity index (χ0v) is 12.8. The SMILES string of the molecule is COc1cc(Nc2ccc(C#N)c(C)c2)c(OC)cc1Cl. The van der Waals surface area contributed by atoms with Crippen LogP contribution in [0.5, 0.6) is 11.5 Å². The minimum atomic E-state index is 0.482. The lowest BCUT2D eigenvalue weighted by molar-refractivity contribution is 0.405. The van der Waals surface area contributed by atoms with Crippen molar-refractivity contribution in [3.8, 4) is 17.6 Å². The highest BCUT2D eigenvalue weighted by Crippen LogP contribution is 2.37. The molecule has 0 saturated carbocycles. The number of nitriles is 1. The molecule has 21 heavy (non-hydrogen) atoms. The Morgan fingerprint density at radius 1 is 1.10 bits per heavy atom. The smallest absolute Gasteiger partial charge is 0.144 e. The number of halogens is 1. The van der Waals surface area contributed by atoms with Crippen molar-refractivity contribution in [3.63, 3.8) is 0 Å². The van der Waals surface area contributed by atoms with Crippen molar-refractivity contribution < 1.29 is 9.47 Å². The second-order valence-electron chi connectivity index (χ2n) is 4.45. The molecule has 0 fully saturated rings. The molecule has 0 aliphatic heterocycles. The van der Waals surface area contributed by atoms with Crippen molar-refractivity contribution in [3.05, 3.63) is 46.5 Å². The molecule has 0 aliphatic carbocycles. The number of anilines is 2. The lowest BCUT2D eigenvalue weighted by atomic mass is 10.1. The standard InChI is InChI=1S/C16H15ClN2O2/c1-10-6-12(5-4-11(10)9-18)19-14-8-15(20-2)13(17)7-16(14)21-3/h4-8,19H,1-3H3. The van der Waals surface area contributed by atoms with Crippen molar-refractivity contribution in [2.24, 2.45) is 0 Å². The summed E-state index contributed by atoms with van der Waals surface area (Å²) in [4.78, 5) is 0. The Labute approximate surface area is 128 Å². The maximum atomic E-state index is 8.96. The molecule has 2 aromatic carbocycles. The zero-order chi connectivity index (χ0) is 15.4. The molecule has 5 heteroatoms. The fraction of sp³-hybridized carbons (Fsp3) is 0.188. The molecule has 2 rings (SSSR count). The van der Waals surface area contributed by atoms with E-state index in [0.717, 1.165) is 16.9 Å². The van der Waals surface area contributed by atoms with Crippen molar-refractivity contribution >= 4 is 23.0 Å². The minimum absolute atomic E-state index is 0.482. The summed E-state index contributed by atoms with van der Waals surface area (Å²) in [6.07, 6.45) is 0. The quantitative estimate of drug-likeness (QED) is 0.916. The van der Waals surface area contributed by atoms with Gasteiger partial charge in [0, 0.05) is 17.8 Å². The van der Waals surface area contributed by atoms with Crippen LogP contribution in [0.2, 0.25) is 5.02 Å². The maximum Gasteiger partial charge on any atom is 0.144 e. The molecule has 0 bridgehead atoms. The summed E-state index contributed by atoms with van der Waals surface area (Å²) in [5.74, 6) is 1.17. The fourth-order valence-corrected chi connectivity index (χ4v) is 2.21. The van der Waals surface area contributed by atoms with E-state index in [1.807, 2.05) is 19.1 Å². The number of aryl methyl sites for hydroxylation is 1. The van der Waals surface area contributed by atoms with Crippen LogP contribution in [0.25, 0.3) is 0 Å². The monoisotopic (exact) mass is 302 g/mol. The Morgan fingerprint density at radius 2 is 1.81 bits per heavy atom. The van der Waals surface area contributed by atoms with Crippen molar-refractivity contribution in [1.29, 1.82) is 5.26 Å². The van der Waals surface area contributed by atoms with Crippen LogP contribution < -0.4 is 14.8 Å². The molecule has 0 atom stereocenters. The molecule has 1 N–H and O–H groups in total. The second kappa shape index (κ2) is 6.38. The lowest BCUT2D eigenvalue weighted by Gasteiger charge is -2.14. The molecule has 4 nitrogen and oxygen atoms in total. The molecule has 0 unspecified atom stereocenters. The van der Waals surface area contributed by atoms with Gasteiger partial charge in [-0.15, -0.1) is 0 Å². The summed E-state index contributed by atoms with van der Waals surface area (Å²) in [5, 5.41) is 12.7. The number of hydrogen-bond acceptors (Lipinski definition) is 4. The third-order valence-corrected chi connectivity index (χ3v) is 3.40. The van der Waals surface area contributed by atoms with Gasteiger partial charge in [-0.2, -0.15) is 5.26 Å². The van der Waals surface area contributed by atoms with Crippen molar-refractivity contribution in [1.82, 2.24) is 0 Å². The van der Waals surface area contributed by atoms with E-state index in [9.17, 15) is 0 Å². The predicted octanol–water partition coefficient (Wildman–Crippen LogP) is 4.28. The third-order valence-electron chi connectivity index (χ3n) is 3.10. The first-order valence-corrected chi connectivity index (χ1v) is 6.66. The molecular weight excluding hydrogens is 288 g/mol. The van der Waals surface area contributed by atoms with E-state index >= 15 is 0 Å². The topological polar surface area (TPSA) is 54.3 Å². The molecule has 0 saturated heterocycles. The van der Waals surface area contributed by atoms with Gasteiger partial charge in [0.2, 0.25) is 0 Å². The third kappa shape index (κ3) is 3.21. The normalized spacial score (nSPS) is 9.86. The largest absolute Gasteiger partial charge is 0.495 e. The first-order valence-electron chi connectivity index (χ1n) is 6.28. The van der Waals surface area contributed by atoms with Crippen LogP contribution in [-0.2, 0) is 0 Å². The van der Waals surface area contributed by atoms with Crippen LogP contribution in [0, 0.1) is 18.3 Å². The molecule has 0 amide bonds. The van der Waals surface area contributed by atoms with E-state index in [1.165, 1.54) is 0 Å². The van der Waals surface area contributed by atoms with Crippen LogP contribution in [0.15, 0.2) is 30.3 Å². The Bertz CT molecular complexity index is 708. The van der Waals surface area contributed by atoms with Crippen LogP contribution >= 0.6 is 11.6 Å². The predicted molar refractivity (Wildman–Crippen MR) is 83.7 cm³/mol. The Kier molecular flexibility index (Phi) is 4.56. The number of benzene rings is 2. The van der Waals surface area contributed by atoms with Gasteiger partial charge in [0.25, 0.3) is 0 Å². The minimum Gasteiger partial charge on any atom is -0.495 e. The van der Waals surface area contributed by atoms with E-state index in [4.69, 9.17) is 26.3 Å². The summed E-state index contributed by atoms with van der Waals surface area (Å²) in [6, 6.07) is 11.1. The molecular formula is C16H15ClN2O2. The average molecular weight is 303 g/mol. The number of nitrogens with one attached hydrogen (secondary N) is 1.